The van der Waals surface area contributed by atoms with Crippen molar-refractivity contribution < 1.29 is 27.3 Å². The van der Waals surface area contributed by atoms with E-state index in [1.54, 1.807) is 0 Å². The van der Waals surface area contributed by atoms with E-state index >= 15 is 0 Å². The average Bonchev–Trinajstić information content (AvgIpc) is 3.30. The van der Waals surface area contributed by atoms with E-state index in [4.69, 9.17) is 4.52 Å². The summed E-state index contributed by atoms with van der Waals surface area (Å²) in [6.45, 7) is 1.97. The van der Waals surface area contributed by atoms with Crippen LogP contribution in [0.5, 0.6) is 0 Å². The number of carbonyl (C=O) groups is 2. The minimum absolute atomic E-state index is 0.0834. The molecule has 10 heteroatoms. The van der Waals surface area contributed by atoms with E-state index in [2.05, 4.69) is 15.5 Å². The van der Waals surface area contributed by atoms with Gasteiger partial charge in [-0.3, -0.25) is 9.59 Å². The van der Waals surface area contributed by atoms with Crippen LogP contribution in [0.4, 0.5) is 13.2 Å². The van der Waals surface area contributed by atoms with E-state index in [1.165, 1.54) is 0 Å². The Morgan fingerprint density at radius 3 is 2.86 bits per heavy atom. The van der Waals surface area contributed by atoms with Gasteiger partial charge in [-0.05, 0) is 25.8 Å². The summed E-state index contributed by atoms with van der Waals surface area (Å²) in [6, 6.07) is 6.45. The maximum atomic E-state index is 12.6. The second-order valence-electron chi connectivity index (χ2n) is 6.58. The minimum atomic E-state index is -4.99. The molecule has 0 spiro atoms. The largest absolute Gasteiger partial charge is 0.471 e. The molecule has 0 aliphatic carbocycles. The van der Waals surface area contributed by atoms with Gasteiger partial charge in [0.15, 0.2) is 0 Å². The highest BCUT2D eigenvalue weighted by Crippen LogP contribution is 2.25. The van der Waals surface area contributed by atoms with Gasteiger partial charge in [0, 0.05) is 25.1 Å². The van der Waals surface area contributed by atoms with E-state index in [9.17, 15) is 22.8 Å². The van der Waals surface area contributed by atoms with Crippen molar-refractivity contribution in [2.75, 3.05) is 13.1 Å². The molecule has 1 saturated heterocycles. The first kappa shape index (κ1) is 19.8. The van der Waals surface area contributed by atoms with Crippen LogP contribution in [0.25, 0.3) is 11.4 Å². The molecule has 0 bridgehead atoms. The fraction of sp³-hybridized carbons (Fsp3) is 0.444. The highest BCUT2D eigenvalue weighted by atomic mass is 19.4. The Labute approximate surface area is 158 Å². The molecule has 1 aliphatic rings. The number of hydrogen-bond acceptors (Lipinski definition) is 5. The van der Waals surface area contributed by atoms with Crippen molar-refractivity contribution in [2.24, 2.45) is 0 Å². The van der Waals surface area contributed by atoms with Crippen LogP contribution in [-0.4, -0.2) is 52.2 Å². The Balaban J connectivity index is 1.54. The molecule has 2 amide bonds. The number of halogens is 3. The zero-order chi connectivity index (χ0) is 20.3. The predicted molar refractivity (Wildman–Crippen MR) is 92.0 cm³/mol. The third-order valence-electron chi connectivity index (χ3n) is 4.44. The Morgan fingerprint density at radius 2 is 2.14 bits per heavy atom. The Bertz CT molecular complexity index is 866. The minimum Gasteiger partial charge on any atom is -0.354 e. The number of rotatable bonds is 5. The molecule has 1 atom stereocenters. The molecule has 150 valence electrons. The number of aryl methyl sites for hydroxylation is 1. The summed E-state index contributed by atoms with van der Waals surface area (Å²) >= 11 is 0. The summed E-state index contributed by atoms with van der Waals surface area (Å²) in [7, 11) is 0. The van der Waals surface area contributed by atoms with Crippen molar-refractivity contribution in [1.29, 1.82) is 0 Å². The van der Waals surface area contributed by atoms with Crippen molar-refractivity contribution in [2.45, 2.75) is 38.4 Å². The van der Waals surface area contributed by atoms with Gasteiger partial charge in [0.25, 0.3) is 0 Å². The van der Waals surface area contributed by atoms with E-state index in [-0.39, 0.29) is 25.9 Å². The van der Waals surface area contributed by atoms with Crippen LogP contribution in [0, 0.1) is 6.92 Å². The van der Waals surface area contributed by atoms with Crippen molar-refractivity contribution in [3.05, 3.63) is 35.7 Å². The lowest BCUT2D eigenvalue weighted by molar-refractivity contribution is -0.186. The first-order chi connectivity index (χ1) is 13.3. The molecular weight excluding hydrogens is 377 g/mol. The van der Waals surface area contributed by atoms with E-state index < -0.39 is 24.0 Å². The van der Waals surface area contributed by atoms with Crippen LogP contribution in [0.3, 0.4) is 0 Å². The molecule has 1 N–H and O–H groups in total. The quantitative estimate of drug-likeness (QED) is 0.838. The molecule has 1 fully saturated rings. The number of nitrogens with one attached hydrogen (secondary N) is 1. The predicted octanol–water partition coefficient (Wildman–Crippen LogP) is 2.26. The molecular formula is C18H19F3N4O3. The van der Waals surface area contributed by atoms with E-state index in [0.717, 1.165) is 11.1 Å². The molecule has 2 aromatic rings. The SMILES string of the molecule is Cc1cccc(-c2noc(CCNC(=O)C3CCCN3C(=O)C(F)(F)F)n2)c1. The number of aromatic nitrogens is 2. The van der Waals surface area contributed by atoms with Crippen LogP contribution < -0.4 is 5.32 Å². The molecule has 1 aliphatic heterocycles. The maximum absolute atomic E-state index is 12.6. The van der Waals surface area contributed by atoms with Gasteiger partial charge >= 0.3 is 12.1 Å². The highest BCUT2D eigenvalue weighted by Gasteiger charge is 2.47. The first-order valence-electron chi connectivity index (χ1n) is 8.81. The Morgan fingerprint density at radius 1 is 1.36 bits per heavy atom. The second kappa shape index (κ2) is 7.99. The lowest BCUT2D eigenvalue weighted by Crippen LogP contribution is -2.50. The topological polar surface area (TPSA) is 88.3 Å². The lowest BCUT2D eigenvalue weighted by Gasteiger charge is -2.24. The first-order valence-corrected chi connectivity index (χ1v) is 8.81. The lowest BCUT2D eigenvalue weighted by atomic mass is 10.1. The summed E-state index contributed by atoms with van der Waals surface area (Å²) in [5.74, 6) is -1.88. The molecule has 7 nitrogen and oxygen atoms in total. The van der Waals surface area contributed by atoms with Gasteiger partial charge in [-0.15, -0.1) is 0 Å². The summed E-state index contributed by atoms with van der Waals surface area (Å²) < 4.78 is 43.0. The number of alkyl halides is 3. The van der Waals surface area contributed by atoms with Crippen molar-refractivity contribution in [3.63, 3.8) is 0 Å². The number of nitrogens with zero attached hydrogens (tertiary/aromatic N) is 3. The van der Waals surface area contributed by atoms with Crippen molar-refractivity contribution >= 4 is 11.8 Å². The fourth-order valence-electron chi connectivity index (χ4n) is 3.11. The van der Waals surface area contributed by atoms with Crippen LogP contribution >= 0.6 is 0 Å². The highest BCUT2D eigenvalue weighted by molar-refractivity contribution is 5.90. The van der Waals surface area contributed by atoms with Crippen molar-refractivity contribution in [3.8, 4) is 11.4 Å². The summed E-state index contributed by atoms with van der Waals surface area (Å²) in [5, 5.41) is 6.43. The monoisotopic (exact) mass is 396 g/mol. The second-order valence-corrected chi connectivity index (χ2v) is 6.58. The van der Waals surface area contributed by atoms with Crippen LogP contribution in [0.2, 0.25) is 0 Å². The van der Waals surface area contributed by atoms with E-state index in [0.29, 0.717) is 23.0 Å². The molecule has 1 unspecified atom stereocenters. The van der Waals surface area contributed by atoms with Gasteiger partial charge in [-0.1, -0.05) is 28.9 Å². The molecule has 28 heavy (non-hydrogen) atoms. The number of carbonyl (C=O) groups excluding carboxylic acids is 2. The zero-order valence-electron chi connectivity index (χ0n) is 15.1. The Kier molecular flexibility index (Phi) is 5.66. The number of hydrogen-bond donors (Lipinski definition) is 1. The molecule has 2 heterocycles. The summed E-state index contributed by atoms with van der Waals surface area (Å²) in [6.07, 6.45) is -4.21. The van der Waals surface area contributed by atoms with Gasteiger partial charge in [0.1, 0.15) is 6.04 Å². The van der Waals surface area contributed by atoms with Crippen LogP contribution in [0.1, 0.15) is 24.3 Å². The van der Waals surface area contributed by atoms with Crippen molar-refractivity contribution in [1.82, 2.24) is 20.4 Å². The number of benzene rings is 1. The smallest absolute Gasteiger partial charge is 0.354 e. The van der Waals surface area contributed by atoms with Gasteiger partial charge < -0.3 is 14.7 Å². The molecule has 1 aromatic carbocycles. The number of amides is 2. The van der Waals surface area contributed by atoms with Gasteiger partial charge in [-0.2, -0.15) is 18.2 Å². The molecule has 1 aromatic heterocycles. The van der Waals surface area contributed by atoms with Gasteiger partial charge in [-0.25, -0.2) is 0 Å². The van der Waals surface area contributed by atoms with Crippen LogP contribution in [-0.2, 0) is 16.0 Å². The van der Waals surface area contributed by atoms with Gasteiger partial charge in [0.05, 0.1) is 0 Å². The Hall–Kier alpha value is -2.91. The number of likely N-dealkylation sites (tertiary alicyclic amines) is 1. The molecule has 0 radical (unpaired) electrons. The summed E-state index contributed by atoms with van der Waals surface area (Å²) in [5.41, 5.74) is 1.84. The van der Waals surface area contributed by atoms with Crippen LogP contribution in [0.15, 0.2) is 28.8 Å². The van der Waals surface area contributed by atoms with Gasteiger partial charge in [0.2, 0.25) is 17.6 Å². The van der Waals surface area contributed by atoms with E-state index in [1.807, 2.05) is 31.2 Å². The standard InChI is InChI=1S/C18H19F3N4O3/c1-11-4-2-5-12(10-11)15-23-14(28-24-15)7-8-22-16(26)13-6-3-9-25(13)17(27)18(19,20)21/h2,4-5,10,13H,3,6-9H2,1H3,(H,22,26). The molecule has 0 saturated carbocycles. The maximum Gasteiger partial charge on any atom is 0.471 e. The zero-order valence-corrected chi connectivity index (χ0v) is 15.1. The average molecular weight is 396 g/mol. The third-order valence-corrected chi connectivity index (χ3v) is 4.44. The normalized spacial score (nSPS) is 17.0. The third kappa shape index (κ3) is 4.49. The fourth-order valence-corrected chi connectivity index (χ4v) is 3.11. The summed E-state index contributed by atoms with van der Waals surface area (Å²) in [4.78, 5) is 28.5. The molecule has 3 rings (SSSR count).